The third-order valence-corrected chi connectivity index (χ3v) is 3.11. The summed E-state index contributed by atoms with van der Waals surface area (Å²) in [4.78, 5) is 4.38. The van der Waals surface area contributed by atoms with Crippen molar-refractivity contribution in [1.82, 2.24) is 15.1 Å². The van der Waals surface area contributed by atoms with Crippen LogP contribution in [0.4, 0.5) is 5.69 Å². The Bertz CT molecular complexity index is 806. The van der Waals surface area contributed by atoms with E-state index in [1.807, 2.05) is 36.1 Å². The minimum atomic E-state index is -3.67. The highest BCUT2D eigenvalue weighted by Crippen LogP contribution is 2.25. The Labute approximate surface area is 141 Å². The van der Waals surface area contributed by atoms with Crippen molar-refractivity contribution in [3.05, 3.63) is 36.5 Å². The summed E-state index contributed by atoms with van der Waals surface area (Å²) < 4.78 is 27.7. The van der Waals surface area contributed by atoms with Gasteiger partial charge in [-0.05, 0) is 12.1 Å². The van der Waals surface area contributed by atoms with Gasteiger partial charge in [-0.15, -0.1) is 0 Å². The lowest BCUT2D eigenvalue weighted by atomic mass is 10.1. The zero-order chi connectivity index (χ0) is 17.6. The molecule has 1 aliphatic heterocycles. The van der Waals surface area contributed by atoms with Gasteiger partial charge in [0.25, 0.3) is 10.1 Å². The second-order valence-corrected chi connectivity index (χ2v) is 6.73. The van der Waals surface area contributed by atoms with E-state index >= 15 is 0 Å². The Morgan fingerprint density at radius 1 is 1.33 bits per heavy atom. The lowest BCUT2D eigenvalue weighted by molar-refractivity contribution is 0.490. The molecule has 24 heavy (non-hydrogen) atoms. The number of nitrogens with one attached hydrogen (secondary N) is 2. The van der Waals surface area contributed by atoms with Gasteiger partial charge in [0.2, 0.25) is 0 Å². The van der Waals surface area contributed by atoms with E-state index in [-0.39, 0.29) is 0 Å². The molecule has 3 rings (SSSR count). The minimum absolute atomic E-state index is 0.715. The summed E-state index contributed by atoms with van der Waals surface area (Å²) in [7, 11) is -1.74. The number of aliphatic imine (C=N–C) groups is 1. The van der Waals surface area contributed by atoms with Gasteiger partial charge in [0.15, 0.2) is 0 Å². The van der Waals surface area contributed by atoms with Crippen LogP contribution in [0.15, 0.2) is 41.5 Å². The van der Waals surface area contributed by atoms with E-state index in [9.17, 15) is 8.42 Å². The smallest absolute Gasteiger partial charge is 0.261 e. The van der Waals surface area contributed by atoms with Crippen molar-refractivity contribution in [3.63, 3.8) is 0 Å². The molecule has 1 aromatic heterocycles. The number of nitrogens with zero attached hydrogens (tertiary/aromatic N) is 3. The van der Waals surface area contributed by atoms with Crippen molar-refractivity contribution in [1.29, 1.82) is 0 Å². The molecule has 0 radical (unpaired) electrons. The van der Waals surface area contributed by atoms with E-state index in [1.165, 1.54) is 0 Å². The molecule has 2 aromatic rings. The molecule has 130 valence electrons. The van der Waals surface area contributed by atoms with Gasteiger partial charge in [-0.25, -0.2) is 0 Å². The van der Waals surface area contributed by atoms with E-state index < -0.39 is 10.1 Å². The first-order valence-electron chi connectivity index (χ1n) is 7.35. The highest BCUT2D eigenvalue weighted by atomic mass is 32.2. The Morgan fingerprint density at radius 3 is 2.62 bits per heavy atom. The largest absolute Gasteiger partial charge is 0.377 e. The van der Waals surface area contributed by atoms with Gasteiger partial charge >= 0.3 is 0 Å². The standard InChI is InChI=1S/C14H17N5.CH4O3S/c1-19-9-6-13(18-19)11-4-2-3-5-12(11)17-10-14-15-7-8-16-14;1-5(2,3)4/h2-6,9,17H,7-8,10H2,1H3,(H,15,16);1H3,(H,2,3,4). The quantitative estimate of drug-likeness (QED) is 0.709. The molecule has 0 spiro atoms. The van der Waals surface area contributed by atoms with Crippen LogP contribution in [0.5, 0.6) is 0 Å². The van der Waals surface area contributed by atoms with E-state index in [4.69, 9.17) is 4.55 Å². The molecule has 1 aromatic carbocycles. The zero-order valence-corrected chi connectivity index (χ0v) is 14.4. The molecule has 0 saturated heterocycles. The fraction of sp³-hybridized carbons (Fsp3) is 0.333. The Hall–Kier alpha value is -2.39. The van der Waals surface area contributed by atoms with Crippen LogP contribution in [0.1, 0.15) is 0 Å². The molecular weight excluding hydrogens is 330 g/mol. The number of aromatic nitrogens is 2. The SMILES string of the molecule is CS(=O)(=O)O.Cn1ccc(-c2ccccc2NCC2=NCCN2)n1. The first kappa shape index (κ1) is 18.0. The van der Waals surface area contributed by atoms with Crippen LogP contribution >= 0.6 is 0 Å². The Kier molecular flexibility index (Phi) is 5.93. The second kappa shape index (κ2) is 7.93. The van der Waals surface area contributed by atoms with E-state index in [0.29, 0.717) is 6.26 Å². The molecule has 1 aliphatic rings. The monoisotopic (exact) mass is 351 g/mol. The van der Waals surface area contributed by atoms with Crippen LogP contribution in [0.3, 0.4) is 0 Å². The van der Waals surface area contributed by atoms with E-state index in [2.05, 4.69) is 32.9 Å². The van der Waals surface area contributed by atoms with Crippen molar-refractivity contribution >= 4 is 21.6 Å². The summed E-state index contributed by atoms with van der Waals surface area (Å²) in [5.74, 6) is 1.02. The number of rotatable bonds is 4. The van der Waals surface area contributed by atoms with Gasteiger partial charge in [0.1, 0.15) is 5.84 Å². The summed E-state index contributed by atoms with van der Waals surface area (Å²) in [5.41, 5.74) is 3.17. The first-order chi connectivity index (χ1) is 11.3. The topological polar surface area (TPSA) is 109 Å². The predicted molar refractivity (Wildman–Crippen MR) is 94.9 cm³/mol. The summed E-state index contributed by atoms with van der Waals surface area (Å²) in [6, 6.07) is 10.2. The van der Waals surface area contributed by atoms with Crippen LogP contribution in [-0.2, 0) is 17.2 Å². The average molecular weight is 351 g/mol. The van der Waals surface area contributed by atoms with Gasteiger partial charge < -0.3 is 10.6 Å². The number of amidine groups is 1. The summed E-state index contributed by atoms with van der Waals surface area (Å²) >= 11 is 0. The molecule has 8 nitrogen and oxygen atoms in total. The molecular formula is C15H21N5O3S. The second-order valence-electron chi connectivity index (χ2n) is 5.26. The molecule has 0 atom stereocenters. The van der Waals surface area contributed by atoms with Crippen LogP contribution in [-0.4, -0.2) is 54.5 Å². The molecule has 0 bridgehead atoms. The van der Waals surface area contributed by atoms with Gasteiger partial charge in [0.05, 0.1) is 25.0 Å². The normalized spacial score (nSPS) is 13.5. The lowest BCUT2D eigenvalue weighted by Crippen LogP contribution is -2.26. The van der Waals surface area contributed by atoms with Crippen LogP contribution in [0.2, 0.25) is 0 Å². The third kappa shape index (κ3) is 6.01. The number of hydrogen-bond donors (Lipinski definition) is 3. The third-order valence-electron chi connectivity index (χ3n) is 3.11. The van der Waals surface area contributed by atoms with Crippen molar-refractivity contribution < 1.29 is 13.0 Å². The highest BCUT2D eigenvalue weighted by Gasteiger charge is 2.09. The molecule has 0 fully saturated rings. The van der Waals surface area contributed by atoms with Gasteiger partial charge in [0, 0.05) is 31.0 Å². The van der Waals surface area contributed by atoms with Crippen LogP contribution < -0.4 is 10.6 Å². The number of anilines is 1. The molecule has 0 saturated carbocycles. The number of aryl methyl sites for hydroxylation is 1. The first-order valence-corrected chi connectivity index (χ1v) is 9.20. The number of para-hydroxylation sites is 1. The van der Waals surface area contributed by atoms with Gasteiger partial charge in [-0.1, -0.05) is 18.2 Å². The Balaban J connectivity index is 0.000000368. The highest BCUT2D eigenvalue weighted by molar-refractivity contribution is 7.85. The van der Waals surface area contributed by atoms with Gasteiger partial charge in [-0.3, -0.25) is 14.2 Å². The van der Waals surface area contributed by atoms with Crippen LogP contribution in [0, 0.1) is 0 Å². The maximum atomic E-state index is 9.19. The zero-order valence-electron chi connectivity index (χ0n) is 13.6. The number of hydrogen-bond acceptors (Lipinski definition) is 6. The molecule has 2 heterocycles. The summed E-state index contributed by atoms with van der Waals surface area (Å²) in [6.45, 7) is 2.54. The molecule has 9 heteroatoms. The minimum Gasteiger partial charge on any atom is -0.377 e. The van der Waals surface area contributed by atoms with Crippen molar-refractivity contribution in [2.45, 2.75) is 0 Å². The van der Waals surface area contributed by atoms with Crippen molar-refractivity contribution in [2.75, 3.05) is 31.2 Å². The van der Waals surface area contributed by atoms with Crippen LogP contribution in [0.25, 0.3) is 11.3 Å². The van der Waals surface area contributed by atoms with E-state index in [1.54, 1.807) is 0 Å². The maximum absolute atomic E-state index is 9.19. The van der Waals surface area contributed by atoms with Crippen molar-refractivity contribution in [2.24, 2.45) is 12.0 Å². The maximum Gasteiger partial charge on any atom is 0.261 e. The lowest BCUT2D eigenvalue weighted by Gasteiger charge is -2.10. The fourth-order valence-electron chi connectivity index (χ4n) is 2.16. The summed E-state index contributed by atoms with van der Waals surface area (Å²) in [5, 5.41) is 11.1. The summed E-state index contributed by atoms with van der Waals surface area (Å²) in [6.07, 6.45) is 2.67. The predicted octanol–water partition coefficient (Wildman–Crippen LogP) is 1.00. The molecule has 3 N–H and O–H groups in total. The molecule has 0 amide bonds. The average Bonchev–Trinajstić information content (AvgIpc) is 3.15. The van der Waals surface area contributed by atoms with E-state index in [0.717, 1.165) is 42.4 Å². The molecule has 0 aliphatic carbocycles. The van der Waals surface area contributed by atoms with Gasteiger partial charge in [-0.2, -0.15) is 13.5 Å². The Morgan fingerprint density at radius 2 is 2.04 bits per heavy atom. The fourth-order valence-corrected chi connectivity index (χ4v) is 2.16. The molecule has 0 unspecified atom stereocenters. The number of benzene rings is 1. The van der Waals surface area contributed by atoms with Crippen molar-refractivity contribution in [3.8, 4) is 11.3 Å².